The second kappa shape index (κ2) is 9.03. The van der Waals surface area contributed by atoms with Gasteiger partial charge in [0.05, 0.1) is 18.5 Å². The Balaban J connectivity index is 2.22. The van der Waals surface area contributed by atoms with Gasteiger partial charge >= 0.3 is 5.97 Å². The van der Waals surface area contributed by atoms with E-state index in [1.807, 2.05) is 44.2 Å². The molecule has 0 spiro atoms. The van der Waals surface area contributed by atoms with Crippen molar-refractivity contribution in [2.45, 2.75) is 26.7 Å². The predicted octanol–water partition coefficient (Wildman–Crippen LogP) is 2.84. The number of rotatable bonds is 9. The number of aliphatic carboxylic acids is 1. The van der Waals surface area contributed by atoms with Gasteiger partial charge in [-0.15, -0.1) is 0 Å². The number of carboxylic acid groups (broad SMARTS) is 1. The largest absolute Gasteiger partial charge is 0.489 e. The third-order valence-electron chi connectivity index (χ3n) is 3.71. The maximum absolute atomic E-state index is 12.8. The molecule has 7 nitrogen and oxygen atoms in total. The van der Waals surface area contributed by atoms with Crippen LogP contribution in [0.3, 0.4) is 0 Å². The summed E-state index contributed by atoms with van der Waals surface area (Å²) in [5, 5.41) is 13.1. The number of aromatic nitrogens is 2. The summed E-state index contributed by atoms with van der Waals surface area (Å²) in [6.45, 7) is 4.87. The summed E-state index contributed by atoms with van der Waals surface area (Å²) in [5.41, 5.74) is 1.06. The molecule has 0 atom stereocenters. The van der Waals surface area contributed by atoms with Crippen LogP contribution in [0.4, 0.5) is 0 Å². The van der Waals surface area contributed by atoms with Crippen LogP contribution in [0.5, 0.6) is 5.75 Å². The van der Waals surface area contributed by atoms with E-state index < -0.39 is 5.97 Å². The highest BCUT2D eigenvalue weighted by Crippen LogP contribution is 2.22. The fourth-order valence-electron chi connectivity index (χ4n) is 2.33. The second-order valence-electron chi connectivity index (χ2n) is 6.55. The zero-order valence-corrected chi connectivity index (χ0v) is 15.4. The van der Waals surface area contributed by atoms with Gasteiger partial charge in [0.1, 0.15) is 0 Å². The summed E-state index contributed by atoms with van der Waals surface area (Å²) >= 11 is 0. The number of hydrogen-bond acceptors (Lipinski definition) is 4. The van der Waals surface area contributed by atoms with Gasteiger partial charge in [0.15, 0.2) is 11.4 Å². The first-order valence-electron chi connectivity index (χ1n) is 8.63. The molecule has 1 aromatic heterocycles. The molecule has 0 aliphatic rings. The van der Waals surface area contributed by atoms with Gasteiger partial charge in [0, 0.05) is 20.0 Å². The number of ether oxygens (including phenoxy) is 1. The number of amides is 1. The van der Waals surface area contributed by atoms with Crippen molar-refractivity contribution < 1.29 is 19.4 Å². The number of carbonyl (C=O) groups excluding carboxylic acids is 1. The van der Waals surface area contributed by atoms with E-state index in [9.17, 15) is 9.59 Å². The van der Waals surface area contributed by atoms with Crippen LogP contribution in [0.1, 0.15) is 37.2 Å². The van der Waals surface area contributed by atoms with Gasteiger partial charge in [0.25, 0.3) is 5.91 Å². The van der Waals surface area contributed by atoms with Crippen LogP contribution in [0.25, 0.3) is 5.69 Å². The molecule has 0 radical (unpaired) electrons. The highest BCUT2D eigenvalue weighted by molar-refractivity contribution is 5.94. The monoisotopic (exact) mass is 359 g/mol. The van der Waals surface area contributed by atoms with E-state index in [0.29, 0.717) is 31.2 Å². The molecule has 140 valence electrons. The lowest BCUT2D eigenvalue weighted by Crippen LogP contribution is -2.29. The summed E-state index contributed by atoms with van der Waals surface area (Å²) in [4.78, 5) is 24.9. The van der Waals surface area contributed by atoms with Crippen molar-refractivity contribution in [3.05, 3.63) is 42.2 Å². The van der Waals surface area contributed by atoms with Crippen LogP contribution in [0.15, 0.2) is 36.5 Å². The van der Waals surface area contributed by atoms with Crippen molar-refractivity contribution in [1.82, 2.24) is 14.7 Å². The standard InChI is InChI=1S/C19H25N3O4/c1-14(2)13-26-16-12-22(15-8-5-4-6-9-15)20-18(16)19(25)21(3)11-7-10-17(23)24/h4-6,8-9,12,14H,7,10-11,13H2,1-3H3,(H,23,24). The first kappa shape index (κ1) is 19.5. The second-order valence-corrected chi connectivity index (χ2v) is 6.55. The molecule has 0 aliphatic carbocycles. The molecule has 1 amide bonds. The van der Waals surface area contributed by atoms with Crippen molar-refractivity contribution in [2.24, 2.45) is 5.92 Å². The molecule has 7 heteroatoms. The smallest absolute Gasteiger partial charge is 0.303 e. The summed E-state index contributed by atoms with van der Waals surface area (Å²) in [6, 6.07) is 9.48. The average molecular weight is 359 g/mol. The van der Waals surface area contributed by atoms with Crippen LogP contribution in [-0.4, -0.2) is 51.9 Å². The fraction of sp³-hybridized carbons (Fsp3) is 0.421. The van der Waals surface area contributed by atoms with E-state index in [1.165, 1.54) is 4.90 Å². The Morgan fingerprint density at radius 1 is 1.27 bits per heavy atom. The van der Waals surface area contributed by atoms with Crippen LogP contribution < -0.4 is 4.74 Å². The van der Waals surface area contributed by atoms with Crippen LogP contribution in [0.2, 0.25) is 0 Å². The summed E-state index contributed by atoms with van der Waals surface area (Å²) < 4.78 is 7.41. The topological polar surface area (TPSA) is 84.7 Å². The van der Waals surface area contributed by atoms with Gasteiger partial charge in [-0.1, -0.05) is 32.0 Å². The molecule has 2 rings (SSSR count). The minimum absolute atomic E-state index is 0.0206. The molecule has 1 aromatic carbocycles. The number of hydrogen-bond donors (Lipinski definition) is 1. The van der Waals surface area contributed by atoms with E-state index in [2.05, 4.69) is 5.10 Å². The quantitative estimate of drug-likeness (QED) is 0.744. The van der Waals surface area contributed by atoms with Crippen LogP contribution >= 0.6 is 0 Å². The van der Waals surface area contributed by atoms with Crippen LogP contribution in [0, 0.1) is 5.92 Å². The van der Waals surface area contributed by atoms with E-state index >= 15 is 0 Å². The Morgan fingerprint density at radius 2 is 1.96 bits per heavy atom. The Labute approximate surface area is 153 Å². The van der Waals surface area contributed by atoms with Gasteiger partial charge in [-0.05, 0) is 24.5 Å². The normalized spacial score (nSPS) is 10.8. The molecule has 2 aromatic rings. The maximum Gasteiger partial charge on any atom is 0.303 e. The van der Waals surface area contributed by atoms with E-state index in [1.54, 1.807) is 17.9 Å². The first-order valence-corrected chi connectivity index (χ1v) is 8.63. The Bertz CT molecular complexity index is 740. The van der Waals surface area contributed by atoms with Gasteiger partial charge in [-0.3, -0.25) is 9.59 Å². The lowest BCUT2D eigenvalue weighted by Gasteiger charge is -2.16. The number of nitrogens with zero attached hydrogens (tertiary/aromatic N) is 3. The Hall–Kier alpha value is -2.83. The average Bonchev–Trinajstić information content (AvgIpc) is 3.03. The molecule has 0 fully saturated rings. The van der Waals surface area contributed by atoms with Crippen molar-refractivity contribution in [3.8, 4) is 11.4 Å². The molecule has 26 heavy (non-hydrogen) atoms. The number of carbonyl (C=O) groups is 2. The molecule has 0 aliphatic heterocycles. The fourth-order valence-corrected chi connectivity index (χ4v) is 2.33. The number of benzene rings is 1. The third-order valence-corrected chi connectivity index (χ3v) is 3.71. The minimum atomic E-state index is -0.875. The molecular formula is C19H25N3O4. The van der Waals surface area contributed by atoms with E-state index in [-0.39, 0.29) is 18.0 Å². The SMILES string of the molecule is CC(C)COc1cn(-c2ccccc2)nc1C(=O)N(C)CCCC(=O)O. The maximum atomic E-state index is 12.8. The zero-order valence-electron chi connectivity index (χ0n) is 15.4. The number of carboxylic acids is 1. The Kier molecular flexibility index (Phi) is 6.77. The van der Waals surface area contributed by atoms with Gasteiger partial charge in [-0.2, -0.15) is 5.10 Å². The first-order chi connectivity index (χ1) is 12.4. The Morgan fingerprint density at radius 3 is 2.58 bits per heavy atom. The summed E-state index contributed by atoms with van der Waals surface area (Å²) in [6.07, 6.45) is 2.11. The van der Waals surface area contributed by atoms with Crippen LogP contribution in [-0.2, 0) is 4.79 Å². The highest BCUT2D eigenvalue weighted by Gasteiger charge is 2.22. The van der Waals surface area contributed by atoms with E-state index in [0.717, 1.165) is 5.69 Å². The zero-order chi connectivity index (χ0) is 19.1. The van der Waals surface area contributed by atoms with E-state index in [4.69, 9.17) is 9.84 Å². The molecule has 0 bridgehead atoms. The van der Waals surface area contributed by atoms with Gasteiger partial charge in [-0.25, -0.2) is 4.68 Å². The predicted molar refractivity (Wildman–Crippen MR) is 97.7 cm³/mol. The molecule has 0 saturated carbocycles. The van der Waals surface area contributed by atoms with Crippen molar-refractivity contribution in [1.29, 1.82) is 0 Å². The lowest BCUT2D eigenvalue weighted by molar-refractivity contribution is -0.137. The number of para-hydroxylation sites is 1. The highest BCUT2D eigenvalue weighted by atomic mass is 16.5. The van der Waals surface area contributed by atoms with Gasteiger partial charge < -0.3 is 14.7 Å². The van der Waals surface area contributed by atoms with Crippen molar-refractivity contribution >= 4 is 11.9 Å². The molecule has 0 saturated heterocycles. The molecule has 1 heterocycles. The summed E-state index contributed by atoms with van der Waals surface area (Å²) in [5.74, 6) is -0.423. The summed E-state index contributed by atoms with van der Waals surface area (Å²) in [7, 11) is 1.64. The third kappa shape index (κ3) is 5.34. The van der Waals surface area contributed by atoms with Gasteiger partial charge in [0.2, 0.25) is 0 Å². The lowest BCUT2D eigenvalue weighted by atomic mass is 10.2. The van der Waals surface area contributed by atoms with Crippen molar-refractivity contribution in [2.75, 3.05) is 20.2 Å². The van der Waals surface area contributed by atoms with Crippen molar-refractivity contribution in [3.63, 3.8) is 0 Å². The molecule has 0 unspecified atom stereocenters. The minimum Gasteiger partial charge on any atom is -0.489 e. The molecule has 1 N–H and O–H groups in total. The molecular weight excluding hydrogens is 334 g/mol.